The zero-order valence-corrected chi connectivity index (χ0v) is 18.7. The van der Waals surface area contributed by atoms with Crippen molar-refractivity contribution in [1.82, 2.24) is 25.0 Å². The van der Waals surface area contributed by atoms with E-state index in [0.717, 1.165) is 33.7 Å². The summed E-state index contributed by atoms with van der Waals surface area (Å²) in [6.45, 7) is 0.892. The number of carbonyl (C=O) groups is 1. The molecule has 3 aromatic rings. The highest BCUT2D eigenvalue weighted by Crippen LogP contribution is 2.42. The van der Waals surface area contributed by atoms with Gasteiger partial charge in [0.2, 0.25) is 0 Å². The molecule has 1 saturated heterocycles. The third-order valence-electron chi connectivity index (χ3n) is 6.39. The molecule has 1 aromatic carbocycles. The Labute approximate surface area is 191 Å². The molecule has 2 N–H and O–H groups in total. The topological polar surface area (TPSA) is 105 Å². The number of nitrogens with one attached hydrogen (secondary N) is 1. The minimum atomic E-state index is -0.960. The maximum Gasteiger partial charge on any atom is 0.322 e. The van der Waals surface area contributed by atoms with E-state index in [2.05, 4.69) is 15.4 Å². The fourth-order valence-corrected chi connectivity index (χ4v) is 4.52. The number of piperidine rings is 1. The van der Waals surface area contributed by atoms with Gasteiger partial charge in [0.15, 0.2) is 0 Å². The zero-order chi connectivity index (χ0) is 23.0. The molecule has 9 heteroatoms. The molecule has 0 spiro atoms. The van der Waals surface area contributed by atoms with Crippen molar-refractivity contribution in [2.24, 2.45) is 12.0 Å². The maximum atomic E-state index is 13.0. The van der Waals surface area contributed by atoms with Gasteiger partial charge in [-0.2, -0.15) is 5.10 Å². The summed E-state index contributed by atoms with van der Waals surface area (Å²) in [5, 5.41) is 18.2. The number of urea groups is 1. The number of aryl methyl sites for hydroxylation is 1. The van der Waals surface area contributed by atoms with Crippen LogP contribution in [0, 0.1) is 0 Å². The van der Waals surface area contributed by atoms with Gasteiger partial charge in [-0.15, -0.1) is 0 Å². The molecular weight excluding hydrogens is 420 g/mol. The number of likely N-dealkylation sites (tertiary alicyclic amines) is 1. The maximum absolute atomic E-state index is 13.0. The molecule has 2 aromatic heterocycles. The van der Waals surface area contributed by atoms with Crippen LogP contribution in [0.5, 0.6) is 5.75 Å². The normalized spacial score (nSPS) is 16.8. The summed E-state index contributed by atoms with van der Waals surface area (Å²) in [4.78, 5) is 23.5. The molecule has 2 aliphatic rings. The number of methoxy groups -OCH3 is 1. The Balaban J connectivity index is 1.30. The first-order chi connectivity index (χ1) is 16.0. The number of amides is 2. The molecule has 4 heterocycles. The van der Waals surface area contributed by atoms with Crippen molar-refractivity contribution >= 4 is 17.6 Å². The average Bonchev–Trinajstić information content (AvgIpc) is 3.45. The van der Waals surface area contributed by atoms with Gasteiger partial charge in [0.1, 0.15) is 11.6 Å². The van der Waals surface area contributed by atoms with E-state index in [1.807, 2.05) is 37.5 Å². The predicted molar refractivity (Wildman–Crippen MR) is 123 cm³/mol. The number of ether oxygens (including phenoxy) is 1. The largest absolute Gasteiger partial charge is 0.496 e. The summed E-state index contributed by atoms with van der Waals surface area (Å²) in [7, 11) is 3.50. The second kappa shape index (κ2) is 8.32. The highest BCUT2D eigenvalue weighted by atomic mass is 16.5. The van der Waals surface area contributed by atoms with Gasteiger partial charge in [-0.25, -0.2) is 9.79 Å². The van der Waals surface area contributed by atoms with Crippen molar-refractivity contribution in [2.75, 3.05) is 20.2 Å². The first-order valence-electron chi connectivity index (χ1n) is 10.9. The van der Waals surface area contributed by atoms with Crippen LogP contribution in [-0.2, 0) is 19.1 Å². The quantitative estimate of drug-likeness (QED) is 0.644. The Hall–Kier alpha value is -3.72. The molecule has 2 amide bonds. The number of rotatable bonds is 3. The summed E-state index contributed by atoms with van der Waals surface area (Å²) in [6.07, 6.45) is 8.50. The van der Waals surface area contributed by atoms with E-state index in [1.54, 1.807) is 35.3 Å². The van der Waals surface area contributed by atoms with Crippen LogP contribution in [0.3, 0.4) is 0 Å². The number of nitrogens with zero attached hydrogens (tertiary/aromatic N) is 5. The number of aliphatic imine (C=N–C) groups is 1. The molecule has 1 fully saturated rings. The molecule has 0 unspecified atom stereocenters. The number of carbonyl (C=O) groups excluding carboxylic acids is 1. The summed E-state index contributed by atoms with van der Waals surface area (Å²) in [5.74, 6) is 1.32. The van der Waals surface area contributed by atoms with Crippen molar-refractivity contribution in [3.8, 4) is 16.9 Å². The lowest BCUT2D eigenvalue weighted by Gasteiger charge is -2.38. The third-order valence-corrected chi connectivity index (χ3v) is 6.39. The fourth-order valence-electron chi connectivity index (χ4n) is 4.52. The van der Waals surface area contributed by atoms with E-state index < -0.39 is 5.60 Å². The lowest BCUT2D eigenvalue weighted by molar-refractivity contribution is -0.0167. The van der Waals surface area contributed by atoms with E-state index in [9.17, 15) is 9.90 Å². The summed E-state index contributed by atoms with van der Waals surface area (Å²) < 4.78 is 7.28. The average molecular weight is 447 g/mol. The summed E-state index contributed by atoms with van der Waals surface area (Å²) >= 11 is 0. The number of amidine groups is 1. The molecule has 0 bridgehead atoms. The van der Waals surface area contributed by atoms with Crippen LogP contribution in [0.25, 0.3) is 11.1 Å². The zero-order valence-electron chi connectivity index (χ0n) is 18.7. The lowest BCUT2D eigenvalue weighted by Crippen LogP contribution is -2.50. The molecule has 0 atom stereocenters. The number of benzene rings is 1. The smallest absolute Gasteiger partial charge is 0.322 e. The Morgan fingerprint density at radius 1 is 1.21 bits per heavy atom. The van der Waals surface area contributed by atoms with E-state index >= 15 is 0 Å². The number of hydrogen-bond acceptors (Lipinski definition) is 6. The van der Waals surface area contributed by atoms with Gasteiger partial charge >= 0.3 is 6.03 Å². The van der Waals surface area contributed by atoms with Crippen LogP contribution < -0.4 is 10.1 Å². The number of aliphatic hydroxyl groups is 1. The fraction of sp³-hybridized carbons (Fsp3) is 0.333. The minimum absolute atomic E-state index is 0.211. The number of hydrogen-bond donors (Lipinski definition) is 2. The van der Waals surface area contributed by atoms with E-state index in [-0.39, 0.29) is 6.03 Å². The molecule has 5 rings (SSSR count). The molecule has 170 valence electrons. The van der Waals surface area contributed by atoms with Crippen LogP contribution >= 0.6 is 0 Å². The highest BCUT2D eigenvalue weighted by Gasteiger charge is 2.36. The Bertz CT molecular complexity index is 1210. The van der Waals surface area contributed by atoms with Gasteiger partial charge in [0, 0.05) is 67.4 Å². The van der Waals surface area contributed by atoms with Crippen molar-refractivity contribution < 1.29 is 14.6 Å². The van der Waals surface area contributed by atoms with Gasteiger partial charge < -0.3 is 14.7 Å². The molecular formula is C24H26N6O3. The second-order valence-electron chi connectivity index (χ2n) is 8.47. The van der Waals surface area contributed by atoms with Crippen molar-refractivity contribution in [3.05, 3.63) is 60.2 Å². The van der Waals surface area contributed by atoms with Gasteiger partial charge in [-0.3, -0.25) is 15.0 Å². The first-order valence-corrected chi connectivity index (χ1v) is 10.9. The van der Waals surface area contributed by atoms with E-state index in [4.69, 9.17) is 9.73 Å². The Kier molecular flexibility index (Phi) is 5.33. The standard InChI is InChI=1S/C24H26N6O3/c1-29-15-16(13-26-29)18-5-6-20(33-2)19-12-21(27-22(18)19)28-23(31)30-10-7-24(32,8-11-30)17-4-3-9-25-14-17/h3-6,9,13-15,32H,7-8,10-12H2,1-2H3,(H,27,28,31). The molecule has 0 radical (unpaired) electrons. The van der Waals surface area contributed by atoms with Crippen molar-refractivity contribution in [1.29, 1.82) is 0 Å². The van der Waals surface area contributed by atoms with Gasteiger partial charge in [0.25, 0.3) is 0 Å². The van der Waals surface area contributed by atoms with Crippen LogP contribution in [0.1, 0.15) is 24.0 Å². The van der Waals surface area contributed by atoms with Crippen LogP contribution in [0.4, 0.5) is 10.5 Å². The third kappa shape index (κ3) is 3.95. The van der Waals surface area contributed by atoms with Crippen LogP contribution in [-0.4, -0.2) is 56.8 Å². The van der Waals surface area contributed by atoms with Crippen LogP contribution in [0.15, 0.2) is 54.0 Å². The number of aromatic nitrogens is 3. The van der Waals surface area contributed by atoms with E-state index in [1.165, 1.54) is 0 Å². The predicted octanol–water partition coefficient (Wildman–Crippen LogP) is 2.77. The van der Waals surface area contributed by atoms with Crippen LogP contribution in [0.2, 0.25) is 0 Å². The first kappa shape index (κ1) is 21.1. The molecule has 9 nitrogen and oxygen atoms in total. The molecule has 33 heavy (non-hydrogen) atoms. The van der Waals surface area contributed by atoms with Crippen molar-refractivity contribution in [3.63, 3.8) is 0 Å². The number of fused-ring (bicyclic) bond motifs is 1. The summed E-state index contributed by atoms with van der Waals surface area (Å²) in [6, 6.07) is 7.37. The second-order valence-corrected chi connectivity index (χ2v) is 8.47. The summed E-state index contributed by atoms with van der Waals surface area (Å²) in [5.41, 5.74) is 3.47. The van der Waals surface area contributed by atoms with Gasteiger partial charge in [-0.05, 0) is 31.0 Å². The van der Waals surface area contributed by atoms with Gasteiger partial charge in [0.05, 0.1) is 24.6 Å². The van der Waals surface area contributed by atoms with Gasteiger partial charge in [-0.1, -0.05) is 6.07 Å². The lowest BCUT2D eigenvalue weighted by atomic mass is 9.85. The monoisotopic (exact) mass is 446 g/mol. The molecule has 2 aliphatic heterocycles. The Morgan fingerprint density at radius 2 is 2.03 bits per heavy atom. The highest BCUT2D eigenvalue weighted by molar-refractivity contribution is 6.04. The van der Waals surface area contributed by atoms with E-state index in [0.29, 0.717) is 38.2 Å². The number of pyridine rings is 1. The minimum Gasteiger partial charge on any atom is -0.496 e. The SMILES string of the molecule is COc1ccc(-c2cnn(C)c2)c2c1CC(NC(=O)N1CCC(O)(c3cccnc3)CC1)=N2. The Morgan fingerprint density at radius 3 is 2.70 bits per heavy atom. The van der Waals surface area contributed by atoms with Crippen molar-refractivity contribution in [2.45, 2.75) is 24.9 Å². The molecule has 0 saturated carbocycles. The molecule has 0 aliphatic carbocycles.